The molecule has 1 heterocycles. The van der Waals surface area contributed by atoms with Crippen LogP contribution in [0, 0.1) is 0 Å². The molecule has 2 aromatic carbocycles. The van der Waals surface area contributed by atoms with Crippen LogP contribution < -0.4 is 15.1 Å². The first-order chi connectivity index (χ1) is 14.1. The first-order valence-electron chi connectivity index (χ1n) is 10.2. The SMILES string of the molecule is CN1C(=CC=NNC(=O)COc2ccc(C(C)(C)C)cc2)C(C)(C)c2ccccc21. The van der Waals surface area contributed by atoms with E-state index in [1.165, 1.54) is 16.8 Å². The average molecular weight is 406 g/mol. The number of amides is 1. The molecular formula is C25H31N3O2. The number of rotatable bonds is 5. The minimum absolute atomic E-state index is 0.0837. The van der Waals surface area contributed by atoms with E-state index in [0.717, 1.165) is 5.70 Å². The fourth-order valence-electron chi connectivity index (χ4n) is 3.75. The van der Waals surface area contributed by atoms with Gasteiger partial charge in [-0.25, -0.2) is 5.43 Å². The Labute approximate surface area is 179 Å². The molecule has 5 nitrogen and oxygen atoms in total. The average Bonchev–Trinajstić information content (AvgIpc) is 2.90. The van der Waals surface area contributed by atoms with Gasteiger partial charge in [0.1, 0.15) is 5.75 Å². The van der Waals surface area contributed by atoms with Crippen LogP contribution in [-0.4, -0.2) is 25.8 Å². The molecule has 0 aromatic heterocycles. The highest BCUT2D eigenvalue weighted by atomic mass is 16.5. The van der Waals surface area contributed by atoms with E-state index < -0.39 is 0 Å². The highest BCUT2D eigenvalue weighted by Gasteiger charge is 2.37. The zero-order chi connectivity index (χ0) is 21.9. The Balaban J connectivity index is 1.54. The van der Waals surface area contributed by atoms with Crippen molar-refractivity contribution in [3.05, 3.63) is 71.4 Å². The molecular weight excluding hydrogens is 374 g/mol. The van der Waals surface area contributed by atoms with Gasteiger partial charge in [-0.1, -0.05) is 65.0 Å². The molecule has 0 bridgehead atoms. The lowest BCUT2D eigenvalue weighted by Crippen LogP contribution is -2.25. The molecule has 0 aliphatic carbocycles. The Morgan fingerprint density at radius 2 is 1.80 bits per heavy atom. The molecule has 0 fully saturated rings. The molecule has 3 rings (SSSR count). The van der Waals surface area contributed by atoms with Gasteiger partial charge in [0, 0.05) is 30.1 Å². The molecule has 5 heteroatoms. The van der Waals surface area contributed by atoms with Crippen LogP contribution in [-0.2, 0) is 15.6 Å². The van der Waals surface area contributed by atoms with E-state index in [1.807, 2.05) is 43.5 Å². The minimum atomic E-state index is -0.299. The quantitative estimate of drug-likeness (QED) is 0.575. The predicted octanol–water partition coefficient (Wildman–Crippen LogP) is 4.78. The molecule has 2 aromatic rings. The second-order valence-corrected chi connectivity index (χ2v) is 9.13. The highest BCUT2D eigenvalue weighted by molar-refractivity contribution is 5.82. The van der Waals surface area contributed by atoms with Crippen LogP contribution in [0.3, 0.4) is 0 Å². The fraction of sp³-hybridized carbons (Fsp3) is 0.360. The van der Waals surface area contributed by atoms with Gasteiger partial charge in [-0.2, -0.15) is 5.10 Å². The van der Waals surface area contributed by atoms with Crippen LogP contribution in [0.2, 0.25) is 0 Å². The van der Waals surface area contributed by atoms with Crippen molar-refractivity contribution in [1.82, 2.24) is 5.43 Å². The highest BCUT2D eigenvalue weighted by Crippen LogP contribution is 2.46. The molecule has 1 aliphatic heterocycles. The van der Waals surface area contributed by atoms with Crippen molar-refractivity contribution in [2.45, 2.75) is 45.4 Å². The second-order valence-electron chi connectivity index (χ2n) is 9.13. The first kappa shape index (κ1) is 21.6. The van der Waals surface area contributed by atoms with Gasteiger partial charge >= 0.3 is 0 Å². The number of benzene rings is 2. The van der Waals surface area contributed by atoms with Gasteiger partial charge in [-0.15, -0.1) is 0 Å². The maximum absolute atomic E-state index is 12.0. The number of likely N-dealkylation sites (N-methyl/N-ethyl adjacent to an activating group) is 1. The van der Waals surface area contributed by atoms with Crippen LogP contribution in [0.1, 0.15) is 45.7 Å². The summed E-state index contributed by atoms with van der Waals surface area (Å²) < 4.78 is 5.55. The number of fused-ring (bicyclic) bond motifs is 1. The molecule has 0 saturated carbocycles. The Hall–Kier alpha value is -3.08. The maximum atomic E-state index is 12.0. The van der Waals surface area contributed by atoms with E-state index >= 15 is 0 Å². The van der Waals surface area contributed by atoms with Crippen molar-refractivity contribution in [3.8, 4) is 5.75 Å². The smallest absolute Gasteiger partial charge is 0.277 e. The van der Waals surface area contributed by atoms with Crippen LogP contribution in [0.5, 0.6) is 5.75 Å². The number of ether oxygens (including phenoxy) is 1. The van der Waals surface area contributed by atoms with E-state index in [4.69, 9.17) is 4.74 Å². The van der Waals surface area contributed by atoms with E-state index in [0.29, 0.717) is 5.75 Å². The fourth-order valence-corrected chi connectivity index (χ4v) is 3.75. The van der Waals surface area contributed by atoms with E-state index in [9.17, 15) is 4.79 Å². The first-order valence-corrected chi connectivity index (χ1v) is 10.2. The summed E-state index contributed by atoms with van der Waals surface area (Å²) in [7, 11) is 2.05. The summed E-state index contributed by atoms with van der Waals surface area (Å²) >= 11 is 0. The summed E-state index contributed by atoms with van der Waals surface area (Å²) in [6.45, 7) is 10.8. The number of hydrogen-bond donors (Lipinski definition) is 1. The molecule has 0 radical (unpaired) electrons. The third-order valence-electron chi connectivity index (χ3n) is 5.53. The standard InChI is InChI=1S/C25H31N3O2/c1-24(2,3)18-11-13-19(14-12-18)30-17-23(29)27-26-16-15-22-25(4,5)20-9-7-8-10-21(20)28(22)6/h7-16H,17H2,1-6H3,(H,27,29). The molecule has 1 aliphatic rings. The van der Waals surface area contributed by atoms with Crippen molar-refractivity contribution in [3.63, 3.8) is 0 Å². The van der Waals surface area contributed by atoms with Gasteiger partial charge in [0.25, 0.3) is 5.91 Å². The second kappa shape index (κ2) is 8.34. The lowest BCUT2D eigenvalue weighted by molar-refractivity contribution is -0.123. The van der Waals surface area contributed by atoms with Gasteiger partial charge in [-0.05, 0) is 40.8 Å². The van der Waals surface area contributed by atoms with Gasteiger partial charge in [-0.3, -0.25) is 4.79 Å². The molecule has 0 unspecified atom stereocenters. The van der Waals surface area contributed by atoms with Crippen molar-refractivity contribution < 1.29 is 9.53 Å². The summed E-state index contributed by atoms with van der Waals surface area (Å²) in [5.74, 6) is 0.364. The summed E-state index contributed by atoms with van der Waals surface area (Å²) in [5, 5.41) is 4.05. The monoisotopic (exact) mass is 405 g/mol. The number of nitrogens with zero attached hydrogens (tertiary/aromatic N) is 2. The maximum Gasteiger partial charge on any atom is 0.277 e. The summed E-state index contributed by atoms with van der Waals surface area (Å²) in [6.07, 6.45) is 3.56. The van der Waals surface area contributed by atoms with Gasteiger partial charge in [0.15, 0.2) is 6.61 Å². The Bertz CT molecular complexity index is 967. The van der Waals surface area contributed by atoms with Crippen molar-refractivity contribution in [2.75, 3.05) is 18.6 Å². The minimum Gasteiger partial charge on any atom is -0.484 e. The van der Waals surface area contributed by atoms with Crippen molar-refractivity contribution in [1.29, 1.82) is 0 Å². The van der Waals surface area contributed by atoms with Gasteiger partial charge in [0.05, 0.1) is 0 Å². The van der Waals surface area contributed by atoms with E-state index in [2.05, 4.69) is 68.2 Å². The topological polar surface area (TPSA) is 53.9 Å². The number of carbonyl (C=O) groups is 1. The molecule has 0 saturated heterocycles. The molecule has 1 N–H and O–H groups in total. The van der Waals surface area contributed by atoms with Crippen LogP contribution in [0.15, 0.2) is 65.4 Å². The molecule has 30 heavy (non-hydrogen) atoms. The zero-order valence-electron chi connectivity index (χ0n) is 18.7. The Morgan fingerprint density at radius 1 is 1.13 bits per heavy atom. The largest absolute Gasteiger partial charge is 0.484 e. The molecule has 0 spiro atoms. The molecule has 158 valence electrons. The number of carbonyl (C=O) groups excluding carboxylic acids is 1. The van der Waals surface area contributed by atoms with Crippen molar-refractivity contribution >= 4 is 17.8 Å². The van der Waals surface area contributed by atoms with Crippen molar-refractivity contribution in [2.24, 2.45) is 5.10 Å². The van der Waals surface area contributed by atoms with Crippen LogP contribution in [0.4, 0.5) is 5.69 Å². The number of hydrazone groups is 1. The third kappa shape index (κ3) is 4.56. The zero-order valence-corrected chi connectivity index (χ0v) is 18.7. The summed E-state index contributed by atoms with van der Waals surface area (Å²) in [6, 6.07) is 16.2. The van der Waals surface area contributed by atoms with Gasteiger partial charge < -0.3 is 9.64 Å². The lowest BCUT2D eigenvalue weighted by Gasteiger charge is -2.23. The number of nitrogens with one attached hydrogen (secondary N) is 1. The number of hydrogen-bond acceptors (Lipinski definition) is 4. The summed E-state index contributed by atoms with van der Waals surface area (Å²) in [4.78, 5) is 14.2. The van der Waals surface area contributed by atoms with Gasteiger partial charge in [0.2, 0.25) is 0 Å². The normalized spacial score (nSPS) is 16.7. The number of allylic oxidation sites excluding steroid dienone is 2. The van der Waals surface area contributed by atoms with Crippen LogP contribution >= 0.6 is 0 Å². The Kier molecular flexibility index (Phi) is 6.01. The van der Waals surface area contributed by atoms with E-state index in [1.54, 1.807) is 6.21 Å². The number of anilines is 1. The third-order valence-corrected chi connectivity index (χ3v) is 5.53. The lowest BCUT2D eigenvalue weighted by atomic mass is 9.84. The molecule has 1 amide bonds. The van der Waals surface area contributed by atoms with Crippen LogP contribution in [0.25, 0.3) is 0 Å². The van der Waals surface area contributed by atoms with E-state index in [-0.39, 0.29) is 23.3 Å². The molecule has 0 atom stereocenters. The Morgan fingerprint density at radius 3 is 2.43 bits per heavy atom. The summed E-state index contributed by atoms with van der Waals surface area (Å²) in [5.41, 5.74) is 7.30. The number of para-hydroxylation sites is 1. The predicted molar refractivity (Wildman–Crippen MR) is 123 cm³/mol.